The molecule has 1 aromatic carbocycles. The first-order chi connectivity index (χ1) is 8.29. The summed E-state index contributed by atoms with van der Waals surface area (Å²) in [6, 6.07) is 7.39. The van der Waals surface area contributed by atoms with E-state index < -0.39 is 0 Å². The Morgan fingerprint density at radius 3 is 2.82 bits per heavy atom. The molecule has 1 aliphatic rings. The second kappa shape index (κ2) is 5.68. The molecule has 1 amide bonds. The molecule has 1 aromatic rings. The number of carbonyl (C=O) groups is 1. The highest BCUT2D eigenvalue weighted by Crippen LogP contribution is 2.18. The minimum atomic E-state index is -0.0124. The highest BCUT2D eigenvalue weighted by Gasteiger charge is 2.23. The molecule has 0 saturated carbocycles. The number of hydrogen-bond donors (Lipinski definition) is 1. The molecule has 1 saturated heterocycles. The van der Waals surface area contributed by atoms with Crippen molar-refractivity contribution in [2.75, 3.05) is 25.1 Å². The average molecular weight is 235 g/mol. The number of anilines is 1. The second-order valence-corrected chi connectivity index (χ2v) is 4.01. The van der Waals surface area contributed by atoms with E-state index in [9.17, 15) is 4.79 Å². The number of benzene rings is 1. The van der Waals surface area contributed by atoms with Crippen LogP contribution < -0.4 is 10.1 Å². The SMILES string of the molecule is CCOc1ccc(NC(=O)[C@@H]2CCOC2)cc1. The van der Waals surface area contributed by atoms with E-state index in [2.05, 4.69) is 5.32 Å². The molecular weight excluding hydrogens is 218 g/mol. The highest BCUT2D eigenvalue weighted by atomic mass is 16.5. The van der Waals surface area contributed by atoms with Gasteiger partial charge in [-0.2, -0.15) is 0 Å². The van der Waals surface area contributed by atoms with Crippen LogP contribution in [0.4, 0.5) is 5.69 Å². The number of rotatable bonds is 4. The van der Waals surface area contributed by atoms with Crippen LogP contribution in [0.15, 0.2) is 24.3 Å². The number of ether oxygens (including phenoxy) is 2. The zero-order valence-electron chi connectivity index (χ0n) is 9.94. The van der Waals surface area contributed by atoms with Crippen LogP contribution >= 0.6 is 0 Å². The molecule has 17 heavy (non-hydrogen) atoms. The molecule has 1 aliphatic heterocycles. The molecule has 4 heteroatoms. The number of hydrogen-bond acceptors (Lipinski definition) is 3. The third-order valence-electron chi connectivity index (χ3n) is 2.73. The summed E-state index contributed by atoms with van der Waals surface area (Å²) in [5, 5.41) is 2.88. The number of carbonyl (C=O) groups excluding carboxylic acids is 1. The van der Waals surface area contributed by atoms with Crippen molar-refractivity contribution in [3.63, 3.8) is 0 Å². The molecule has 0 bridgehead atoms. The first kappa shape index (κ1) is 11.9. The molecule has 4 nitrogen and oxygen atoms in total. The summed E-state index contributed by atoms with van der Waals surface area (Å²) >= 11 is 0. The molecule has 2 rings (SSSR count). The minimum absolute atomic E-state index is 0.0124. The normalized spacial score (nSPS) is 19.0. The van der Waals surface area contributed by atoms with E-state index in [-0.39, 0.29) is 11.8 Å². The Bertz CT molecular complexity index is 369. The molecule has 1 heterocycles. The standard InChI is InChI=1S/C13H17NO3/c1-2-17-12-5-3-11(4-6-12)14-13(15)10-7-8-16-9-10/h3-6,10H,2,7-9H2,1H3,(H,14,15)/t10-/m1/s1. The van der Waals surface area contributed by atoms with Gasteiger partial charge in [0.1, 0.15) is 5.75 Å². The number of amides is 1. The lowest BCUT2D eigenvalue weighted by molar-refractivity contribution is -0.119. The molecule has 1 fully saturated rings. The van der Waals surface area contributed by atoms with Crippen LogP contribution in [0.2, 0.25) is 0 Å². The monoisotopic (exact) mass is 235 g/mol. The van der Waals surface area contributed by atoms with Gasteiger partial charge in [-0.3, -0.25) is 4.79 Å². The van der Waals surface area contributed by atoms with Gasteiger partial charge in [-0.15, -0.1) is 0 Å². The lowest BCUT2D eigenvalue weighted by Crippen LogP contribution is -2.22. The Hall–Kier alpha value is -1.55. The van der Waals surface area contributed by atoms with Crippen molar-refractivity contribution >= 4 is 11.6 Å². The topological polar surface area (TPSA) is 47.6 Å². The first-order valence-electron chi connectivity index (χ1n) is 5.91. The van der Waals surface area contributed by atoms with E-state index in [0.29, 0.717) is 19.8 Å². The molecule has 0 spiro atoms. The van der Waals surface area contributed by atoms with Gasteiger partial charge in [0.25, 0.3) is 0 Å². The van der Waals surface area contributed by atoms with E-state index >= 15 is 0 Å². The summed E-state index contributed by atoms with van der Waals surface area (Å²) in [5.41, 5.74) is 0.797. The van der Waals surface area contributed by atoms with Crippen LogP contribution in [-0.4, -0.2) is 25.7 Å². The molecule has 92 valence electrons. The van der Waals surface area contributed by atoms with E-state index in [1.54, 1.807) is 0 Å². The Balaban J connectivity index is 1.91. The first-order valence-corrected chi connectivity index (χ1v) is 5.91. The van der Waals surface area contributed by atoms with Gasteiger partial charge in [-0.05, 0) is 37.6 Å². The van der Waals surface area contributed by atoms with E-state index in [0.717, 1.165) is 17.9 Å². The third-order valence-corrected chi connectivity index (χ3v) is 2.73. The maximum Gasteiger partial charge on any atom is 0.229 e. The molecule has 0 aromatic heterocycles. The average Bonchev–Trinajstić information content (AvgIpc) is 2.86. The number of nitrogens with one attached hydrogen (secondary N) is 1. The summed E-state index contributed by atoms with van der Waals surface area (Å²) in [4.78, 5) is 11.8. The fourth-order valence-corrected chi connectivity index (χ4v) is 1.79. The summed E-state index contributed by atoms with van der Waals surface area (Å²) in [5.74, 6) is 0.836. The maximum atomic E-state index is 11.8. The summed E-state index contributed by atoms with van der Waals surface area (Å²) in [6.45, 7) is 3.80. The minimum Gasteiger partial charge on any atom is -0.494 e. The van der Waals surface area contributed by atoms with Crippen molar-refractivity contribution in [3.05, 3.63) is 24.3 Å². The van der Waals surface area contributed by atoms with Crippen LogP contribution in [0, 0.1) is 5.92 Å². The van der Waals surface area contributed by atoms with Crippen molar-refractivity contribution in [2.24, 2.45) is 5.92 Å². The van der Waals surface area contributed by atoms with Gasteiger partial charge in [0, 0.05) is 12.3 Å². The van der Waals surface area contributed by atoms with E-state index in [1.165, 1.54) is 0 Å². The van der Waals surface area contributed by atoms with Gasteiger partial charge in [-0.1, -0.05) is 0 Å². The van der Waals surface area contributed by atoms with Gasteiger partial charge in [0.2, 0.25) is 5.91 Å². The predicted octanol–water partition coefficient (Wildman–Crippen LogP) is 2.06. The molecular formula is C13H17NO3. The lowest BCUT2D eigenvalue weighted by Gasteiger charge is -2.10. The maximum absolute atomic E-state index is 11.8. The van der Waals surface area contributed by atoms with Crippen molar-refractivity contribution in [1.29, 1.82) is 0 Å². The zero-order valence-corrected chi connectivity index (χ0v) is 9.94. The Morgan fingerprint density at radius 1 is 1.47 bits per heavy atom. The molecule has 0 aliphatic carbocycles. The molecule has 1 atom stereocenters. The van der Waals surface area contributed by atoms with Crippen LogP contribution in [0.1, 0.15) is 13.3 Å². The van der Waals surface area contributed by atoms with Gasteiger partial charge < -0.3 is 14.8 Å². The van der Waals surface area contributed by atoms with Gasteiger partial charge in [0.15, 0.2) is 0 Å². The Morgan fingerprint density at radius 2 is 2.24 bits per heavy atom. The fraction of sp³-hybridized carbons (Fsp3) is 0.462. The molecule has 0 radical (unpaired) electrons. The second-order valence-electron chi connectivity index (χ2n) is 4.01. The smallest absolute Gasteiger partial charge is 0.229 e. The Kier molecular flexibility index (Phi) is 3.98. The van der Waals surface area contributed by atoms with Crippen molar-refractivity contribution in [1.82, 2.24) is 0 Å². The fourth-order valence-electron chi connectivity index (χ4n) is 1.79. The van der Waals surface area contributed by atoms with E-state index in [1.807, 2.05) is 31.2 Å². The van der Waals surface area contributed by atoms with Crippen molar-refractivity contribution in [3.8, 4) is 5.75 Å². The van der Waals surface area contributed by atoms with Crippen LogP contribution in [0.3, 0.4) is 0 Å². The largest absolute Gasteiger partial charge is 0.494 e. The zero-order chi connectivity index (χ0) is 12.1. The van der Waals surface area contributed by atoms with Crippen molar-refractivity contribution < 1.29 is 14.3 Å². The van der Waals surface area contributed by atoms with Crippen LogP contribution in [0.5, 0.6) is 5.75 Å². The summed E-state index contributed by atoms with van der Waals surface area (Å²) < 4.78 is 10.5. The molecule has 1 N–H and O–H groups in total. The van der Waals surface area contributed by atoms with Gasteiger partial charge in [-0.25, -0.2) is 0 Å². The van der Waals surface area contributed by atoms with Crippen molar-refractivity contribution in [2.45, 2.75) is 13.3 Å². The quantitative estimate of drug-likeness (QED) is 0.869. The lowest BCUT2D eigenvalue weighted by atomic mass is 10.1. The Labute approximate surface area is 101 Å². The van der Waals surface area contributed by atoms with Gasteiger partial charge >= 0.3 is 0 Å². The molecule has 0 unspecified atom stereocenters. The summed E-state index contributed by atoms with van der Waals surface area (Å²) in [6.07, 6.45) is 0.808. The predicted molar refractivity (Wildman–Crippen MR) is 65.2 cm³/mol. The van der Waals surface area contributed by atoms with Crippen LogP contribution in [-0.2, 0) is 9.53 Å². The van der Waals surface area contributed by atoms with Crippen LogP contribution in [0.25, 0.3) is 0 Å². The summed E-state index contributed by atoms with van der Waals surface area (Å²) in [7, 11) is 0. The van der Waals surface area contributed by atoms with Gasteiger partial charge in [0.05, 0.1) is 19.1 Å². The van der Waals surface area contributed by atoms with E-state index in [4.69, 9.17) is 9.47 Å². The highest BCUT2D eigenvalue weighted by molar-refractivity contribution is 5.92. The third kappa shape index (κ3) is 3.20.